The van der Waals surface area contributed by atoms with Crippen molar-refractivity contribution in [2.75, 3.05) is 26.3 Å². The number of amides is 1. The van der Waals surface area contributed by atoms with E-state index < -0.39 is 0 Å². The van der Waals surface area contributed by atoms with Gasteiger partial charge in [-0.3, -0.25) is 4.79 Å². The van der Waals surface area contributed by atoms with E-state index in [-0.39, 0.29) is 23.4 Å². The van der Waals surface area contributed by atoms with Crippen LogP contribution in [0.25, 0.3) is 0 Å². The molecule has 1 heterocycles. The van der Waals surface area contributed by atoms with Crippen molar-refractivity contribution < 1.29 is 18.7 Å². The summed E-state index contributed by atoms with van der Waals surface area (Å²) in [5.41, 5.74) is 0.587. The lowest BCUT2D eigenvalue weighted by molar-refractivity contribution is -0.162. The second-order valence-corrected chi connectivity index (χ2v) is 7.50. The summed E-state index contributed by atoms with van der Waals surface area (Å²) < 4.78 is 25.1. The van der Waals surface area contributed by atoms with E-state index in [1.54, 1.807) is 12.1 Å². The first kappa shape index (κ1) is 18.3. The molecule has 1 spiro atoms. The Labute approximate surface area is 149 Å². The Kier molecular flexibility index (Phi) is 5.74. The zero-order chi connectivity index (χ0) is 17.9. The molecule has 2 aliphatic rings. The molecule has 0 bridgehead atoms. The van der Waals surface area contributed by atoms with Gasteiger partial charge in [0, 0.05) is 12.5 Å². The lowest BCUT2D eigenvalue weighted by Gasteiger charge is -2.44. The fourth-order valence-corrected chi connectivity index (χ4v) is 3.97. The zero-order valence-corrected chi connectivity index (χ0v) is 15.2. The van der Waals surface area contributed by atoms with Crippen molar-refractivity contribution in [1.82, 2.24) is 4.90 Å². The molecule has 2 atom stereocenters. The van der Waals surface area contributed by atoms with Crippen LogP contribution in [0.2, 0.25) is 0 Å². The van der Waals surface area contributed by atoms with Gasteiger partial charge >= 0.3 is 0 Å². The van der Waals surface area contributed by atoms with Crippen LogP contribution < -0.4 is 0 Å². The summed E-state index contributed by atoms with van der Waals surface area (Å²) in [4.78, 5) is 14.6. The molecule has 1 aromatic carbocycles. The van der Waals surface area contributed by atoms with Crippen molar-refractivity contribution in [1.29, 1.82) is 0 Å². The van der Waals surface area contributed by atoms with Gasteiger partial charge in [-0.15, -0.1) is 0 Å². The normalized spacial score (nSPS) is 26.6. The molecule has 1 saturated carbocycles. The SMILES string of the molecule is CC(C)OC[C@H]1CCC[C@]12CN(C(=O)Cc1ccc(F)cc1)CCO2. The highest BCUT2D eigenvalue weighted by atomic mass is 19.1. The molecule has 1 saturated heterocycles. The second-order valence-electron chi connectivity index (χ2n) is 7.50. The molecule has 5 heteroatoms. The molecule has 1 aliphatic heterocycles. The van der Waals surface area contributed by atoms with Crippen molar-refractivity contribution in [3.8, 4) is 0 Å². The average molecular weight is 349 g/mol. The maximum atomic E-state index is 13.0. The molecule has 1 aliphatic carbocycles. The van der Waals surface area contributed by atoms with Gasteiger partial charge in [0.2, 0.25) is 5.91 Å². The smallest absolute Gasteiger partial charge is 0.227 e. The Morgan fingerprint density at radius 3 is 2.88 bits per heavy atom. The van der Waals surface area contributed by atoms with E-state index in [0.29, 0.717) is 38.6 Å². The van der Waals surface area contributed by atoms with Crippen LogP contribution in [0.5, 0.6) is 0 Å². The Morgan fingerprint density at radius 1 is 1.40 bits per heavy atom. The van der Waals surface area contributed by atoms with Crippen LogP contribution in [-0.2, 0) is 20.7 Å². The van der Waals surface area contributed by atoms with Gasteiger partial charge in [-0.05, 0) is 44.4 Å². The van der Waals surface area contributed by atoms with Crippen molar-refractivity contribution in [3.05, 3.63) is 35.6 Å². The molecule has 4 nitrogen and oxygen atoms in total. The minimum absolute atomic E-state index is 0.0877. The van der Waals surface area contributed by atoms with Gasteiger partial charge in [-0.25, -0.2) is 4.39 Å². The highest BCUT2D eigenvalue weighted by Crippen LogP contribution is 2.41. The number of hydrogen-bond acceptors (Lipinski definition) is 3. The van der Waals surface area contributed by atoms with Crippen LogP contribution in [0.4, 0.5) is 4.39 Å². The van der Waals surface area contributed by atoms with Crippen LogP contribution in [0.1, 0.15) is 38.7 Å². The van der Waals surface area contributed by atoms with E-state index in [1.165, 1.54) is 12.1 Å². The predicted molar refractivity (Wildman–Crippen MR) is 93.8 cm³/mol. The maximum absolute atomic E-state index is 13.0. The van der Waals surface area contributed by atoms with Gasteiger partial charge in [-0.2, -0.15) is 0 Å². The third-order valence-corrected chi connectivity index (χ3v) is 5.36. The number of halogens is 1. The first-order valence-electron chi connectivity index (χ1n) is 9.26. The molecule has 1 aromatic rings. The minimum Gasteiger partial charge on any atom is -0.378 e. The van der Waals surface area contributed by atoms with Gasteiger partial charge in [0.1, 0.15) is 5.82 Å². The van der Waals surface area contributed by atoms with Crippen LogP contribution in [-0.4, -0.2) is 48.8 Å². The first-order chi connectivity index (χ1) is 12.0. The average Bonchev–Trinajstić information content (AvgIpc) is 2.96. The van der Waals surface area contributed by atoms with Crippen LogP contribution >= 0.6 is 0 Å². The third kappa shape index (κ3) is 4.39. The summed E-state index contributed by atoms with van der Waals surface area (Å²) in [6.07, 6.45) is 3.71. The summed E-state index contributed by atoms with van der Waals surface area (Å²) >= 11 is 0. The lowest BCUT2D eigenvalue weighted by atomic mass is 9.89. The summed E-state index contributed by atoms with van der Waals surface area (Å²) in [5, 5.41) is 0. The minimum atomic E-state index is -0.277. The van der Waals surface area contributed by atoms with Gasteiger partial charge < -0.3 is 14.4 Å². The number of carbonyl (C=O) groups excluding carboxylic acids is 1. The first-order valence-corrected chi connectivity index (χ1v) is 9.26. The number of ether oxygens (including phenoxy) is 2. The number of morpholine rings is 1. The van der Waals surface area contributed by atoms with Crippen LogP contribution in [0.15, 0.2) is 24.3 Å². The maximum Gasteiger partial charge on any atom is 0.227 e. The van der Waals surface area contributed by atoms with Crippen molar-refractivity contribution >= 4 is 5.91 Å². The summed E-state index contributed by atoms with van der Waals surface area (Å²) in [7, 11) is 0. The van der Waals surface area contributed by atoms with Crippen molar-refractivity contribution in [2.24, 2.45) is 5.92 Å². The highest BCUT2D eigenvalue weighted by molar-refractivity contribution is 5.79. The predicted octanol–water partition coefficient (Wildman–Crippen LogP) is 3.19. The quantitative estimate of drug-likeness (QED) is 0.819. The molecule has 0 aromatic heterocycles. The van der Waals surface area contributed by atoms with E-state index in [9.17, 15) is 9.18 Å². The van der Waals surface area contributed by atoms with Crippen molar-refractivity contribution in [3.63, 3.8) is 0 Å². The molecule has 25 heavy (non-hydrogen) atoms. The molecule has 2 fully saturated rings. The number of nitrogens with zero attached hydrogens (tertiary/aromatic N) is 1. The molecule has 0 unspecified atom stereocenters. The van der Waals surface area contributed by atoms with Gasteiger partial charge in [0.05, 0.1) is 37.9 Å². The van der Waals surface area contributed by atoms with Crippen molar-refractivity contribution in [2.45, 2.75) is 51.2 Å². The Hall–Kier alpha value is -1.46. The second kappa shape index (κ2) is 7.83. The van der Waals surface area contributed by atoms with Gasteiger partial charge in [0.25, 0.3) is 0 Å². The number of carbonyl (C=O) groups is 1. The van der Waals surface area contributed by atoms with E-state index in [0.717, 1.165) is 24.8 Å². The van der Waals surface area contributed by atoms with Crippen LogP contribution in [0, 0.1) is 11.7 Å². The largest absolute Gasteiger partial charge is 0.378 e. The van der Waals surface area contributed by atoms with Gasteiger partial charge in [0.15, 0.2) is 0 Å². The number of hydrogen-bond donors (Lipinski definition) is 0. The number of rotatable bonds is 5. The highest BCUT2D eigenvalue weighted by Gasteiger charge is 2.47. The number of benzene rings is 1. The Bertz CT molecular complexity index is 589. The monoisotopic (exact) mass is 349 g/mol. The van der Waals surface area contributed by atoms with Gasteiger partial charge in [-0.1, -0.05) is 18.6 Å². The topological polar surface area (TPSA) is 38.8 Å². The third-order valence-electron chi connectivity index (χ3n) is 5.36. The Balaban J connectivity index is 1.63. The standard InChI is InChI=1S/C20H28FNO3/c1-15(2)24-13-17-4-3-9-20(17)14-22(10-11-25-20)19(23)12-16-5-7-18(21)8-6-16/h5-8,15,17H,3-4,9-14H2,1-2H3/t17-,20+/m1/s1. The molecule has 138 valence electrons. The molecular formula is C20H28FNO3. The van der Waals surface area contributed by atoms with E-state index >= 15 is 0 Å². The zero-order valence-electron chi connectivity index (χ0n) is 15.2. The fourth-order valence-electron chi connectivity index (χ4n) is 3.97. The fraction of sp³-hybridized carbons (Fsp3) is 0.650. The molecule has 3 rings (SSSR count). The van der Waals surface area contributed by atoms with E-state index in [4.69, 9.17) is 9.47 Å². The molecule has 0 N–H and O–H groups in total. The summed E-state index contributed by atoms with van der Waals surface area (Å²) in [5.74, 6) is 0.154. The Morgan fingerprint density at radius 2 is 2.16 bits per heavy atom. The van der Waals surface area contributed by atoms with Crippen LogP contribution in [0.3, 0.4) is 0 Å². The lowest BCUT2D eigenvalue weighted by Crippen LogP contribution is -2.56. The summed E-state index contributed by atoms with van der Waals surface area (Å²) in [6, 6.07) is 6.16. The molecule has 1 amide bonds. The molecular weight excluding hydrogens is 321 g/mol. The van der Waals surface area contributed by atoms with E-state index in [2.05, 4.69) is 0 Å². The molecule has 0 radical (unpaired) electrons. The summed E-state index contributed by atoms with van der Waals surface area (Å²) in [6.45, 7) is 6.62. The van der Waals surface area contributed by atoms with E-state index in [1.807, 2.05) is 18.7 Å².